The van der Waals surface area contributed by atoms with Crippen LogP contribution in [0.1, 0.15) is 23.9 Å². The number of fused-ring (bicyclic) bond motifs is 1. The van der Waals surface area contributed by atoms with E-state index < -0.39 is 0 Å². The van der Waals surface area contributed by atoms with Gasteiger partial charge in [0.2, 0.25) is 5.91 Å². The fourth-order valence-electron chi connectivity index (χ4n) is 2.81. The molecule has 27 heavy (non-hydrogen) atoms. The number of aromatic nitrogens is 2. The van der Waals surface area contributed by atoms with Gasteiger partial charge in [-0.25, -0.2) is 4.98 Å². The number of carbonyl (C=O) groups is 1. The Morgan fingerprint density at radius 3 is 2.85 bits per heavy atom. The van der Waals surface area contributed by atoms with Crippen LogP contribution < -0.4 is 10.9 Å². The van der Waals surface area contributed by atoms with Crippen LogP contribution in [0.5, 0.6) is 0 Å². The number of halogens is 1. The Balaban J connectivity index is 1.71. The maximum Gasteiger partial charge on any atom is 0.259 e. The number of rotatable bonds is 6. The van der Waals surface area contributed by atoms with E-state index in [1.165, 1.54) is 17.4 Å². The van der Waals surface area contributed by atoms with Crippen molar-refractivity contribution in [3.05, 3.63) is 62.0 Å². The molecule has 0 aliphatic carbocycles. The van der Waals surface area contributed by atoms with Gasteiger partial charge in [-0.05, 0) is 38.1 Å². The Labute approximate surface area is 166 Å². The molecule has 3 aromatic rings. The van der Waals surface area contributed by atoms with Gasteiger partial charge in [0.05, 0.1) is 12.2 Å². The quantitative estimate of drug-likeness (QED) is 0.683. The van der Waals surface area contributed by atoms with Crippen molar-refractivity contribution in [1.82, 2.24) is 14.3 Å². The number of hydrogen-bond donors (Lipinski definition) is 1. The van der Waals surface area contributed by atoms with Gasteiger partial charge >= 0.3 is 0 Å². The van der Waals surface area contributed by atoms with E-state index in [0.717, 1.165) is 11.3 Å². The minimum Gasteiger partial charge on any atom is -0.325 e. The number of anilines is 1. The van der Waals surface area contributed by atoms with Crippen molar-refractivity contribution in [1.29, 1.82) is 0 Å². The summed E-state index contributed by atoms with van der Waals surface area (Å²) >= 11 is 7.44. The van der Waals surface area contributed by atoms with E-state index in [2.05, 4.69) is 10.3 Å². The molecule has 0 radical (unpaired) electrons. The maximum atomic E-state index is 12.4. The van der Waals surface area contributed by atoms with E-state index >= 15 is 0 Å². The van der Waals surface area contributed by atoms with Gasteiger partial charge in [0.15, 0.2) is 4.96 Å². The van der Waals surface area contributed by atoms with Crippen LogP contribution in [0.25, 0.3) is 4.96 Å². The molecule has 8 heteroatoms. The molecule has 0 unspecified atom stereocenters. The zero-order valence-corrected chi connectivity index (χ0v) is 17.0. The Morgan fingerprint density at radius 2 is 2.11 bits per heavy atom. The molecule has 2 aromatic heterocycles. The first-order valence-electron chi connectivity index (χ1n) is 8.62. The topological polar surface area (TPSA) is 66.7 Å². The van der Waals surface area contributed by atoms with Gasteiger partial charge in [0.25, 0.3) is 5.56 Å². The van der Waals surface area contributed by atoms with Gasteiger partial charge in [-0.1, -0.05) is 24.6 Å². The minimum atomic E-state index is -0.132. The van der Waals surface area contributed by atoms with E-state index in [0.29, 0.717) is 34.5 Å². The summed E-state index contributed by atoms with van der Waals surface area (Å²) in [7, 11) is 0. The lowest BCUT2D eigenvalue weighted by Crippen LogP contribution is -2.33. The van der Waals surface area contributed by atoms with Crippen LogP contribution in [0, 0.1) is 13.8 Å². The number of nitrogens with zero attached hydrogens (tertiary/aromatic N) is 3. The van der Waals surface area contributed by atoms with E-state index in [9.17, 15) is 9.59 Å². The molecule has 0 saturated carbocycles. The molecule has 1 amide bonds. The van der Waals surface area contributed by atoms with Crippen LogP contribution >= 0.6 is 22.9 Å². The van der Waals surface area contributed by atoms with Crippen molar-refractivity contribution in [3.63, 3.8) is 0 Å². The Morgan fingerprint density at radius 1 is 1.33 bits per heavy atom. The molecule has 2 heterocycles. The molecule has 0 atom stereocenters. The summed E-state index contributed by atoms with van der Waals surface area (Å²) < 4.78 is 1.60. The monoisotopic (exact) mass is 404 g/mol. The first kappa shape index (κ1) is 19.5. The molecule has 1 N–H and O–H groups in total. The number of aryl methyl sites for hydroxylation is 2. The summed E-state index contributed by atoms with van der Waals surface area (Å²) in [4.78, 5) is 31.9. The van der Waals surface area contributed by atoms with Gasteiger partial charge in [0.1, 0.15) is 0 Å². The van der Waals surface area contributed by atoms with Gasteiger partial charge in [-0.15, -0.1) is 11.3 Å². The van der Waals surface area contributed by atoms with Crippen molar-refractivity contribution in [3.8, 4) is 0 Å². The van der Waals surface area contributed by atoms with Crippen LogP contribution in [0.3, 0.4) is 0 Å². The summed E-state index contributed by atoms with van der Waals surface area (Å²) in [6.07, 6.45) is 0. The second-order valence-corrected chi connectivity index (χ2v) is 7.66. The van der Waals surface area contributed by atoms with Crippen LogP contribution in [0.15, 0.2) is 34.4 Å². The summed E-state index contributed by atoms with van der Waals surface area (Å²) in [6.45, 7) is 7.06. The summed E-state index contributed by atoms with van der Waals surface area (Å²) in [5, 5.41) is 5.38. The predicted molar refractivity (Wildman–Crippen MR) is 110 cm³/mol. The lowest BCUT2D eigenvalue weighted by atomic mass is 10.2. The van der Waals surface area contributed by atoms with Crippen molar-refractivity contribution >= 4 is 39.5 Å². The van der Waals surface area contributed by atoms with E-state index in [-0.39, 0.29) is 18.0 Å². The SMILES string of the molecule is CCN(CC(=O)Nc1cc(Cl)ccc1C)Cc1cc(=O)n2c(C)csc2n1. The van der Waals surface area contributed by atoms with E-state index in [1.54, 1.807) is 16.5 Å². The molecule has 6 nitrogen and oxygen atoms in total. The smallest absolute Gasteiger partial charge is 0.259 e. The predicted octanol–water partition coefficient (Wildman–Crippen LogP) is 3.49. The second-order valence-electron chi connectivity index (χ2n) is 6.39. The minimum absolute atomic E-state index is 0.0937. The van der Waals surface area contributed by atoms with Gasteiger partial charge in [-0.2, -0.15) is 0 Å². The number of thiazole rings is 1. The molecule has 0 aliphatic heterocycles. The van der Waals surface area contributed by atoms with Crippen molar-refractivity contribution in [2.75, 3.05) is 18.4 Å². The highest BCUT2D eigenvalue weighted by molar-refractivity contribution is 7.15. The van der Waals surface area contributed by atoms with Gasteiger partial charge in [-0.3, -0.25) is 18.9 Å². The molecular weight excluding hydrogens is 384 g/mol. The lowest BCUT2D eigenvalue weighted by molar-refractivity contribution is -0.117. The Kier molecular flexibility index (Phi) is 5.94. The van der Waals surface area contributed by atoms with Gasteiger partial charge < -0.3 is 5.32 Å². The molecular formula is C19H21ClN4O2S. The number of likely N-dealkylation sites (N-methyl/N-ethyl adjacent to an activating group) is 1. The zero-order chi connectivity index (χ0) is 19.6. The van der Waals surface area contributed by atoms with Crippen LogP contribution in [-0.4, -0.2) is 33.3 Å². The number of carbonyl (C=O) groups excluding carboxylic acids is 1. The molecule has 0 spiro atoms. The largest absolute Gasteiger partial charge is 0.325 e. The number of nitrogens with one attached hydrogen (secondary N) is 1. The average Bonchev–Trinajstić information content (AvgIpc) is 2.99. The number of amides is 1. The highest BCUT2D eigenvalue weighted by atomic mass is 35.5. The lowest BCUT2D eigenvalue weighted by Gasteiger charge is -2.19. The standard InChI is InChI=1S/C19H21ClN4O2S/c1-4-23(10-17(25)22-16-7-14(20)6-5-12(16)2)9-15-8-18(26)24-13(3)11-27-19(24)21-15/h5-8,11H,4,9-10H2,1-3H3,(H,22,25). The normalized spacial score (nSPS) is 11.3. The van der Waals surface area contributed by atoms with Crippen molar-refractivity contribution < 1.29 is 4.79 Å². The Hall–Kier alpha value is -2.22. The number of benzene rings is 1. The van der Waals surface area contributed by atoms with Gasteiger partial charge in [0, 0.05) is 34.4 Å². The molecule has 3 rings (SSSR count). The third-order valence-corrected chi connectivity index (χ3v) is 5.48. The number of hydrogen-bond acceptors (Lipinski definition) is 5. The summed E-state index contributed by atoms with van der Waals surface area (Å²) in [5.41, 5.74) is 3.10. The first-order valence-corrected chi connectivity index (χ1v) is 9.88. The van der Waals surface area contributed by atoms with Crippen LogP contribution in [0.4, 0.5) is 5.69 Å². The van der Waals surface area contributed by atoms with Crippen LogP contribution in [-0.2, 0) is 11.3 Å². The fourth-order valence-corrected chi connectivity index (χ4v) is 3.88. The van der Waals surface area contributed by atoms with E-state index in [4.69, 9.17) is 11.6 Å². The molecule has 0 saturated heterocycles. The molecule has 142 valence electrons. The second kappa shape index (κ2) is 8.21. The van der Waals surface area contributed by atoms with E-state index in [1.807, 2.05) is 37.1 Å². The Bertz CT molecular complexity index is 1040. The van der Waals surface area contributed by atoms with Crippen LogP contribution in [0.2, 0.25) is 5.02 Å². The highest BCUT2D eigenvalue weighted by Crippen LogP contribution is 2.20. The molecule has 0 fully saturated rings. The summed E-state index contributed by atoms with van der Waals surface area (Å²) in [5.74, 6) is -0.132. The average molecular weight is 405 g/mol. The van der Waals surface area contributed by atoms with Crippen molar-refractivity contribution in [2.45, 2.75) is 27.3 Å². The molecule has 0 bridgehead atoms. The highest BCUT2D eigenvalue weighted by Gasteiger charge is 2.14. The summed E-state index contributed by atoms with van der Waals surface area (Å²) in [6, 6.07) is 6.93. The van der Waals surface area contributed by atoms with Crippen molar-refractivity contribution in [2.24, 2.45) is 0 Å². The molecule has 1 aromatic carbocycles. The first-order chi connectivity index (χ1) is 12.9. The third kappa shape index (κ3) is 4.55. The maximum absolute atomic E-state index is 12.4. The fraction of sp³-hybridized carbons (Fsp3) is 0.316. The molecule has 0 aliphatic rings. The third-order valence-electron chi connectivity index (χ3n) is 4.30. The zero-order valence-electron chi connectivity index (χ0n) is 15.5.